The van der Waals surface area contributed by atoms with E-state index in [1.807, 2.05) is 24.3 Å². The first kappa shape index (κ1) is 21.7. The number of rotatable bonds is 6. The van der Waals surface area contributed by atoms with E-state index in [0.717, 1.165) is 16.3 Å². The fourth-order valence-electron chi connectivity index (χ4n) is 2.99. The lowest BCUT2D eigenvalue weighted by Crippen LogP contribution is -2.24. The lowest BCUT2D eigenvalue weighted by molar-refractivity contribution is 0.102. The number of nitrogens with one attached hydrogen (secondary N) is 1. The number of amides is 1. The van der Waals surface area contributed by atoms with Crippen LogP contribution in [0, 0.1) is 13.8 Å². The Balaban J connectivity index is 1.86. The molecule has 7 nitrogen and oxygen atoms in total. The second kappa shape index (κ2) is 8.41. The minimum Gasteiger partial charge on any atom is -0.338 e. The summed E-state index contributed by atoms with van der Waals surface area (Å²) in [5, 5.41) is 6.66. The summed E-state index contributed by atoms with van der Waals surface area (Å²) in [5.74, 6) is -0.290. The Morgan fingerprint density at radius 2 is 1.77 bits per heavy atom. The van der Waals surface area contributed by atoms with Crippen molar-refractivity contribution < 1.29 is 17.7 Å². The number of nitrogens with zero attached hydrogens (tertiary/aromatic N) is 2. The Morgan fingerprint density at radius 3 is 2.37 bits per heavy atom. The van der Waals surface area contributed by atoms with Gasteiger partial charge < -0.3 is 4.52 Å². The zero-order chi connectivity index (χ0) is 22.1. The number of carbonyl (C=O) groups is 1. The molecule has 1 heterocycles. The zero-order valence-corrected chi connectivity index (χ0v) is 18.5. The Kier molecular flexibility index (Phi) is 6.09. The molecular weight excluding hydrogens is 402 g/mol. The van der Waals surface area contributed by atoms with Gasteiger partial charge in [-0.2, -0.15) is 0 Å². The molecule has 0 aliphatic carbocycles. The largest absolute Gasteiger partial charge is 0.338 e. The molecule has 0 saturated carbocycles. The van der Waals surface area contributed by atoms with E-state index < -0.39 is 15.9 Å². The van der Waals surface area contributed by atoms with Crippen molar-refractivity contribution in [3.8, 4) is 11.3 Å². The lowest BCUT2D eigenvalue weighted by Gasteiger charge is -2.16. The molecule has 3 aromatic rings. The quantitative estimate of drug-likeness (QED) is 0.641. The van der Waals surface area contributed by atoms with Gasteiger partial charge in [-0.05, 0) is 49.1 Å². The van der Waals surface area contributed by atoms with Crippen LogP contribution < -0.4 is 5.32 Å². The summed E-state index contributed by atoms with van der Waals surface area (Å²) >= 11 is 0. The molecule has 1 amide bonds. The van der Waals surface area contributed by atoms with Crippen LogP contribution >= 0.6 is 0 Å². The van der Waals surface area contributed by atoms with Crippen LogP contribution in [-0.4, -0.2) is 37.9 Å². The van der Waals surface area contributed by atoms with Gasteiger partial charge in [-0.3, -0.25) is 10.1 Å². The van der Waals surface area contributed by atoms with E-state index in [4.69, 9.17) is 4.52 Å². The second-order valence-electron chi connectivity index (χ2n) is 7.28. The maximum absolute atomic E-state index is 12.7. The van der Waals surface area contributed by atoms with Gasteiger partial charge in [0, 0.05) is 31.3 Å². The van der Waals surface area contributed by atoms with E-state index in [1.54, 1.807) is 26.0 Å². The molecule has 0 spiro atoms. The summed E-state index contributed by atoms with van der Waals surface area (Å²) in [6.07, 6.45) is 0.946. The Bertz CT molecular complexity index is 1180. The monoisotopic (exact) mass is 427 g/mol. The molecule has 0 radical (unpaired) electrons. The van der Waals surface area contributed by atoms with E-state index in [2.05, 4.69) is 17.4 Å². The Labute approximate surface area is 176 Å². The Hall–Kier alpha value is -2.97. The molecule has 1 N–H and O–H groups in total. The van der Waals surface area contributed by atoms with Crippen molar-refractivity contribution in [2.24, 2.45) is 0 Å². The molecule has 0 saturated heterocycles. The van der Waals surface area contributed by atoms with E-state index in [9.17, 15) is 13.2 Å². The number of hydrogen-bond donors (Lipinski definition) is 1. The third kappa shape index (κ3) is 4.29. The number of benzene rings is 2. The molecule has 158 valence electrons. The molecule has 8 heteroatoms. The molecule has 0 aliphatic heterocycles. The summed E-state index contributed by atoms with van der Waals surface area (Å²) in [6.45, 7) is 5.58. The van der Waals surface area contributed by atoms with Gasteiger partial charge in [0.1, 0.15) is 5.69 Å². The van der Waals surface area contributed by atoms with Crippen LogP contribution in [0.5, 0.6) is 0 Å². The SMILES string of the molecule is CCc1ccc(-c2cc(NC(=O)c3cc(C)c(C)c(S(=O)(=O)N(C)C)c3)on2)cc1. The zero-order valence-electron chi connectivity index (χ0n) is 17.7. The third-order valence-corrected chi connectivity index (χ3v) is 6.99. The number of carbonyl (C=O) groups excluding carboxylic acids is 1. The summed E-state index contributed by atoms with van der Waals surface area (Å²) in [6, 6.07) is 12.6. The van der Waals surface area contributed by atoms with Crippen LogP contribution in [0.3, 0.4) is 0 Å². The van der Waals surface area contributed by atoms with Crippen LogP contribution in [0.1, 0.15) is 34.0 Å². The minimum absolute atomic E-state index is 0.104. The van der Waals surface area contributed by atoms with Crippen LogP contribution in [0.25, 0.3) is 11.3 Å². The summed E-state index contributed by atoms with van der Waals surface area (Å²) in [7, 11) is -0.763. The predicted molar refractivity (Wildman–Crippen MR) is 116 cm³/mol. The molecule has 0 aliphatic rings. The number of anilines is 1. The first-order chi connectivity index (χ1) is 14.1. The normalized spacial score (nSPS) is 11.7. The van der Waals surface area contributed by atoms with Gasteiger partial charge in [0.25, 0.3) is 5.91 Å². The van der Waals surface area contributed by atoms with E-state index in [-0.39, 0.29) is 16.3 Å². The van der Waals surface area contributed by atoms with Gasteiger partial charge in [0.15, 0.2) is 0 Å². The topological polar surface area (TPSA) is 92.5 Å². The number of aryl methyl sites for hydroxylation is 2. The van der Waals surface area contributed by atoms with E-state index in [0.29, 0.717) is 16.8 Å². The highest BCUT2D eigenvalue weighted by Gasteiger charge is 2.23. The van der Waals surface area contributed by atoms with Crippen molar-refractivity contribution in [2.45, 2.75) is 32.1 Å². The molecule has 0 fully saturated rings. The number of hydrogen-bond acceptors (Lipinski definition) is 5. The number of aromatic nitrogens is 1. The van der Waals surface area contributed by atoms with Crippen molar-refractivity contribution in [3.63, 3.8) is 0 Å². The molecule has 1 aromatic heterocycles. The van der Waals surface area contributed by atoms with E-state index >= 15 is 0 Å². The molecular formula is C22H25N3O4S. The maximum Gasteiger partial charge on any atom is 0.258 e. The smallest absolute Gasteiger partial charge is 0.258 e. The Morgan fingerprint density at radius 1 is 1.10 bits per heavy atom. The highest BCUT2D eigenvalue weighted by atomic mass is 32.2. The van der Waals surface area contributed by atoms with E-state index in [1.165, 1.54) is 25.7 Å². The van der Waals surface area contributed by atoms with Crippen molar-refractivity contribution in [1.29, 1.82) is 0 Å². The summed E-state index contributed by atoms with van der Waals surface area (Å²) in [5.41, 5.74) is 4.23. The summed E-state index contributed by atoms with van der Waals surface area (Å²) < 4.78 is 31.6. The van der Waals surface area contributed by atoms with Crippen LogP contribution in [0.2, 0.25) is 0 Å². The minimum atomic E-state index is -3.68. The van der Waals surface area contributed by atoms with Crippen molar-refractivity contribution in [1.82, 2.24) is 9.46 Å². The summed E-state index contributed by atoms with van der Waals surface area (Å²) in [4.78, 5) is 12.9. The molecule has 30 heavy (non-hydrogen) atoms. The van der Waals surface area contributed by atoms with Crippen molar-refractivity contribution in [2.75, 3.05) is 19.4 Å². The molecule has 3 rings (SSSR count). The first-order valence-electron chi connectivity index (χ1n) is 9.54. The highest BCUT2D eigenvalue weighted by Crippen LogP contribution is 2.25. The van der Waals surface area contributed by atoms with Gasteiger partial charge in [-0.25, -0.2) is 12.7 Å². The van der Waals surface area contributed by atoms with Crippen molar-refractivity contribution >= 4 is 21.8 Å². The molecule has 2 aromatic carbocycles. The number of sulfonamides is 1. The highest BCUT2D eigenvalue weighted by molar-refractivity contribution is 7.89. The first-order valence-corrected chi connectivity index (χ1v) is 11.0. The molecule has 0 unspecified atom stereocenters. The van der Waals surface area contributed by atoms with Gasteiger partial charge in [-0.15, -0.1) is 0 Å². The van der Waals surface area contributed by atoms with Gasteiger partial charge in [0.05, 0.1) is 4.90 Å². The van der Waals surface area contributed by atoms with Gasteiger partial charge >= 0.3 is 0 Å². The van der Waals surface area contributed by atoms with Gasteiger partial charge in [0.2, 0.25) is 15.9 Å². The molecule has 0 atom stereocenters. The van der Waals surface area contributed by atoms with Gasteiger partial charge in [-0.1, -0.05) is 36.3 Å². The average Bonchev–Trinajstić information content (AvgIpc) is 3.18. The molecule has 0 bridgehead atoms. The fraction of sp³-hybridized carbons (Fsp3) is 0.273. The van der Waals surface area contributed by atoms with Crippen LogP contribution in [-0.2, 0) is 16.4 Å². The van der Waals surface area contributed by atoms with Crippen LogP contribution in [0.4, 0.5) is 5.88 Å². The third-order valence-electron chi connectivity index (χ3n) is 5.05. The van der Waals surface area contributed by atoms with Crippen molar-refractivity contribution in [3.05, 3.63) is 64.7 Å². The fourth-order valence-corrected chi connectivity index (χ4v) is 4.21. The van der Waals surface area contributed by atoms with Crippen LogP contribution in [0.15, 0.2) is 51.9 Å². The maximum atomic E-state index is 12.7. The standard InChI is InChI=1S/C22H25N3O4S/c1-6-16-7-9-17(10-8-16)19-13-21(29-24-19)23-22(26)18-11-14(2)15(3)20(12-18)30(27,28)25(4)5/h7-13H,6H2,1-5H3,(H,23,26). The second-order valence-corrected chi connectivity index (χ2v) is 9.40. The predicted octanol–water partition coefficient (Wildman–Crippen LogP) is 4.02. The average molecular weight is 428 g/mol. The lowest BCUT2D eigenvalue weighted by atomic mass is 10.1.